The molecule has 0 spiro atoms. The summed E-state index contributed by atoms with van der Waals surface area (Å²) in [4.78, 5) is 1.11. The largest absolute Gasteiger partial charge is 0.330 e. The molecule has 3 aromatic rings. The lowest BCUT2D eigenvalue weighted by Gasteiger charge is -2.00. The number of nitrogens with two attached hydrogens (primary N) is 1. The van der Waals surface area contributed by atoms with Crippen LogP contribution in [-0.2, 0) is 6.42 Å². The average Bonchev–Trinajstić information content (AvgIpc) is 2.96. The number of thiophene rings is 1. The predicted molar refractivity (Wildman–Crippen MR) is 74.6 cm³/mol. The van der Waals surface area contributed by atoms with Crippen molar-refractivity contribution in [3.8, 4) is 10.6 Å². The molecular formula is C11H10BrN5S. The fraction of sp³-hybridized carbons (Fsp3) is 0.182. The van der Waals surface area contributed by atoms with E-state index in [1.54, 1.807) is 15.9 Å². The van der Waals surface area contributed by atoms with Gasteiger partial charge >= 0.3 is 0 Å². The van der Waals surface area contributed by atoms with E-state index in [0.29, 0.717) is 13.0 Å². The van der Waals surface area contributed by atoms with Crippen LogP contribution in [0.4, 0.5) is 0 Å². The van der Waals surface area contributed by atoms with Crippen molar-refractivity contribution in [3.63, 3.8) is 0 Å². The van der Waals surface area contributed by atoms with Crippen molar-refractivity contribution in [1.29, 1.82) is 0 Å². The van der Waals surface area contributed by atoms with Gasteiger partial charge in [0.05, 0.1) is 8.66 Å². The van der Waals surface area contributed by atoms with Crippen LogP contribution in [0.5, 0.6) is 0 Å². The number of hydrogen-bond acceptors (Lipinski definition) is 5. The fourth-order valence-electron chi connectivity index (χ4n) is 1.70. The molecule has 0 aliphatic heterocycles. The van der Waals surface area contributed by atoms with E-state index in [0.717, 1.165) is 25.8 Å². The molecule has 3 heterocycles. The third kappa shape index (κ3) is 2.05. The van der Waals surface area contributed by atoms with E-state index in [9.17, 15) is 0 Å². The van der Waals surface area contributed by atoms with Crippen molar-refractivity contribution >= 4 is 32.9 Å². The Morgan fingerprint density at radius 2 is 2.11 bits per heavy atom. The number of rotatable bonds is 3. The molecule has 92 valence electrons. The monoisotopic (exact) mass is 323 g/mol. The maximum Gasteiger partial charge on any atom is 0.177 e. The summed E-state index contributed by atoms with van der Waals surface area (Å²) in [7, 11) is 0. The van der Waals surface area contributed by atoms with Gasteiger partial charge in [0.15, 0.2) is 11.5 Å². The van der Waals surface area contributed by atoms with Gasteiger partial charge in [0.1, 0.15) is 5.69 Å². The van der Waals surface area contributed by atoms with Crippen LogP contribution in [0, 0.1) is 0 Å². The van der Waals surface area contributed by atoms with Crippen LogP contribution in [0.1, 0.15) is 5.82 Å². The zero-order chi connectivity index (χ0) is 12.5. The maximum atomic E-state index is 5.55. The lowest BCUT2D eigenvalue weighted by molar-refractivity contribution is 0.793. The first-order valence-corrected chi connectivity index (χ1v) is 7.06. The van der Waals surface area contributed by atoms with Crippen molar-refractivity contribution in [2.24, 2.45) is 5.73 Å². The number of halogens is 1. The summed E-state index contributed by atoms with van der Waals surface area (Å²) < 4.78 is 2.85. The van der Waals surface area contributed by atoms with Gasteiger partial charge in [-0.1, -0.05) is 0 Å². The summed E-state index contributed by atoms with van der Waals surface area (Å²) >= 11 is 5.10. The zero-order valence-corrected chi connectivity index (χ0v) is 11.8. The van der Waals surface area contributed by atoms with Crippen LogP contribution < -0.4 is 5.73 Å². The summed E-state index contributed by atoms with van der Waals surface area (Å²) in [6.45, 7) is 0.539. The summed E-state index contributed by atoms with van der Waals surface area (Å²) in [5.41, 5.74) is 7.21. The second-order valence-electron chi connectivity index (χ2n) is 3.75. The van der Waals surface area contributed by atoms with E-state index in [1.165, 1.54) is 0 Å². The van der Waals surface area contributed by atoms with Crippen LogP contribution in [0.3, 0.4) is 0 Å². The molecule has 0 saturated heterocycles. The Hall–Kier alpha value is -1.31. The molecule has 0 aliphatic rings. The highest BCUT2D eigenvalue weighted by molar-refractivity contribution is 9.11. The minimum atomic E-state index is 0.539. The molecule has 3 aromatic heterocycles. The summed E-state index contributed by atoms with van der Waals surface area (Å²) in [6.07, 6.45) is 0.672. The molecule has 0 atom stereocenters. The van der Waals surface area contributed by atoms with E-state index < -0.39 is 0 Å². The van der Waals surface area contributed by atoms with E-state index in [-0.39, 0.29) is 0 Å². The molecule has 0 aliphatic carbocycles. The Balaban J connectivity index is 2.11. The lowest BCUT2D eigenvalue weighted by Crippen LogP contribution is -2.08. The molecular weight excluding hydrogens is 314 g/mol. The Morgan fingerprint density at radius 1 is 1.22 bits per heavy atom. The smallest absolute Gasteiger partial charge is 0.177 e. The molecule has 5 nitrogen and oxygen atoms in total. The first kappa shape index (κ1) is 11.8. The van der Waals surface area contributed by atoms with E-state index in [2.05, 4.69) is 31.2 Å². The van der Waals surface area contributed by atoms with Crippen LogP contribution in [0.2, 0.25) is 0 Å². The Morgan fingerprint density at radius 3 is 2.83 bits per heavy atom. The van der Waals surface area contributed by atoms with Crippen molar-refractivity contribution in [1.82, 2.24) is 19.8 Å². The van der Waals surface area contributed by atoms with Crippen LogP contribution in [0.25, 0.3) is 16.2 Å². The SMILES string of the molecule is NCCc1nnc2ccc(-c3ccc(Br)s3)nn12. The van der Waals surface area contributed by atoms with Crippen molar-refractivity contribution in [3.05, 3.63) is 33.9 Å². The van der Waals surface area contributed by atoms with Gasteiger partial charge in [-0.3, -0.25) is 0 Å². The van der Waals surface area contributed by atoms with Crippen molar-refractivity contribution in [2.45, 2.75) is 6.42 Å². The van der Waals surface area contributed by atoms with E-state index in [4.69, 9.17) is 5.73 Å². The van der Waals surface area contributed by atoms with Gasteiger partial charge in [-0.2, -0.15) is 9.61 Å². The molecule has 0 bridgehead atoms. The van der Waals surface area contributed by atoms with Crippen LogP contribution in [-0.4, -0.2) is 26.4 Å². The van der Waals surface area contributed by atoms with Crippen molar-refractivity contribution in [2.75, 3.05) is 6.54 Å². The summed E-state index contributed by atoms with van der Waals surface area (Å²) in [5, 5.41) is 12.7. The number of hydrogen-bond donors (Lipinski definition) is 1. The average molecular weight is 324 g/mol. The van der Waals surface area contributed by atoms with Gasteiger partial charge in [-0.15, -0.1) is 21.5 Å². The van der Waals surface area contributed by atoms with Gasteiger partial charge in [0, 0.05) is 6.42 Å². The standard InChI is InChI=1S/C11H10BrN5S/c12-9-3-2-8(18-9)7-1-4-10-14-15-11(5-6-13)17(10)16-7/h1-4H,5-6,13H2. The molecule has 0 fully saturated rings. The molecule has 18 heavy (non-hydrogen) atoms. The summed E-state index contributed by atoms with van der Waals surface area (Å²) in [5.74, 6) is 0.796. The lowest BCUT2D eigenvalue weighted by atomic mass is 10.3. The quantitative estimate of drug-likeness (QED) is 0.801. The number of fused-ring (bicyclic) bond motifs is 1. The number of aromatic nitrogens is 4. The van der Waals surface area contributed by atoms with Gasteiger partial charge in [-0.25, -0.2) is 0 Å². The molecule has 2 N–H and O–H groups in total. The van der Waals surface area contributed by atoms with Gasteiger partial charge < -0.3 is 5.73 Å². The van der Waals surface area contributed by atoms with E-state index >= 15 is 0 Å². The Bertz CT molecular complexity index is 690. The third-order valence-electron chi connectivity index (χ3n) is 2.52. The van der Waals surface area contributed by atoms with Crippen molar-refractivity contribution < 1.29 is 0 Å². The highest BCUT2D eigenvalue weighted by atomic mass is 79.9. The second-order valence-corrected chi connectivity index (χ2v) is 6.21. The molecule has 3 rings (SSSR count). The third-order valence-corrected chi connectivity index (χ3v) is 4.17. The zero-order valence-electron chi connectivity index (χ0n) is 9.38. The predicted octanol–water partition coefficient (Wildman–Crippen LogP) is 2.12. The molecule has 0 saturated carbocycles. The maximum absolute atomic E-state index is 5.55. The number of nitrogens with zero attached hydrogens (tertiary/aromatic N) is 4. The molecule has 0 amide bonds. The topological polar surface area (TPSA) is 69.1 Å². The van der Waals surface area contributed by atoms with Gasteiger partial charge in [0.25, 0.3) is 0 Å². The fourth-order valence-corrected chi connectivity index (χ4v) is 3.05. The highest BCUT2D eigenvalue weighted by Crippen LogP contribution is 2.29. The molecule has 0 unspecified atom stereocenters. The highest BCUT2D eigenvalue weighted by Gasteiger charge is 2.09. The van der Waals surface area contributed by atoms with Gasteiger partial charge in [0.2, 0.25) is 0 Å². The summed E-state index contributed by atoms with van der Waals surface area (Å²) in [6, 6.07) is 7.92. The van der Waals surface area contributed by atoms with Gasteiger partial charge in [-0.05, 0) is 46.7 Å². The van der Waals surface area contributed by atoms with Crippen LogP contribution in [0.15, 0.2) is 28.1 Å². The minimum absolute atomic E-state index is 0.539. The normalized spacial score (nSPS) is 11.2. The molecule has 7 heteroatoms. The van der Waals surface area contributed by atoms with Crippen LogP contribution >= 0.6 is 27.3 Å². The molecule has 0 aromatic carbocycles. The van der Waals surface area contributed by atoms with E-state index in [1.807, 2.05) is 24.3 Å². The minimum Gasteiger partial charge on any atom is -0.330 e. The Labute approximate surface area is 116 Å². The molecule has 0 radical (unpaired) electrons. The Kier molecular flexibility index (Phi) is 3.11. The first-order chi connectivity index (χ1) is 8.78. The first-order valence-electron chi connectivity index (χ1n) is 5.45. The second kappa shape index (κ2) is 4.75.